The molecule has 3 atom stereocenters. The average Bonchev–Trinajstić information content (AvgIpc) is 2.92. The Bertz CT molecular complexity index is 527. The minimum absolute atomic E-state index is 0.0789. The van der Waals surface area contributed by atoms with Gasteiger partial charge in [-0.15, -0.1) is 0 Å². The molecule has 5 heteroatoms. The molecule has 1 aromatic rings. The summed E-state index contributed by atoms with van der Waals surface area (Å²) in [6.07, 6.45) is 3.11. The zero-order valence-corrected chi connectivity index (χ0v) is 12.8. The number of amides is 1. The van der Waals surface area contributed by atoms with Gasteiger partial charge >= 0.3 is 0 Å². The second-order valence-electron chi connectivity index (χ2n) is 6.48. The van der Waals surface area contributed by atoms with Crippen LogP contribution in [-0.2, 0) is 4.74 Å². The van der Waals surface area contributed by atoms with Crippen LogP contribution >= 0.6 is 0 Å². The van der Waals surface area contributed by atoms with Gasteiger partial charge in [-0.25, -0.2) is 4.98 Å². The summed E-state index contributed by atoms with van der Waals surface area (Å²) in [6.45, 7) is 7.86. The van der Waals surface area contributed by atoms with E-state index in [0.717, 1.165) is 18.8 Å². The Kier molecular flexibility index (Phi) is 3.61. The van der Waals surface area contributed by atoms with Gasteiger partial charge < -0.3 is 15.4 Å². The maximum absolute atomic E-state index is 11.7. The molecule has 0 aromatic carbocycles. The fourth-order valence-corrected chi connectivity index (χ4v) is 3.65. The number of fused-ring (bicyclic) bond motifs is 1. The Morgan fingerprint density at radius 3 is 2.95 bits per heavy atom. The van der Waals surface area contributed by atoms with Gasteiger partial charge in [0.25, 0.3) is 5.91 Å². The number of nitrogens with zero attached hydrogens (tertiary/aromatic N) is 1. The second kappa shape index (κ2) is 5.30. The lowest BCUT2D eigenvalue weighted by Crippen LogP contribution is -2.63. The van der Waals surface area contributed by atoms with Crippen LogP contribution in [0, 0.1) is 11.3 Å². The van der Waals surface area contributed by atoms with E-state index >= 15 is 0 Å². The van der Waals surface area contributed by atoms with E-state index < -0.39 is 0 Å². The highest BCUT2D eigenvalue weighted by molar-refractivity contribution is 5.93. The van der Waals surface area contributed by atoms with Crippen molar-refractivity contribution in [1.29, 1.82) is 0 Å². The molecule has 0 radical (unpaired) electrons. The minimum Gasteiger partial charge on any atom is -0.377 e. The molecule has 114 valence electrons. The first-order valence-electron chi connectivity index (χ1n) is 7.66. The summed E-state index contributed by atoms with van der Waals surface area (Å²) in [5.74, 6) is 1.32. The summed E-state index contributed by atoms with van der Waals surface area (Å²) >= 11 is 0. The fraction of sp³-hybridized carbons (Fsp3) is 0.625. The first-order valence-corrected chi connectivity index (χ1v) is 7.66. The van der Waals surface area contributed by atoms with Crippen molar-refractivity contribution in [3.8, 4) is 0 Å². The zero-order valence-electron chi connectivity index (χ0n) is 12.8. The number of pyridine rings is 1. The molecule has 21 heavy (non-hydrogen) atoms. The van der Waals surface area contributed by atoms with E-state index in [9.17, 15) is 4.79 Å². The Balaban J connectivity index is 1.67. The molecule has 0 spiro atoms. The molecule has 1 aliphatic carbocycles. The third kappa shape index (κ3) is 2.39. The lowest BCUT2D eigenvalue weighted by atomic mass is 9.57. The number of rotatable bonds is 4. The van der Waals surface area contributed by atoms with Crippen molar-refractivity contribution in [3.05, 3.63) is 23.9 Å². The van der Waals surface area contributed by atoms with Gasteiger partial charge in [0, 0.05) is 36.7 Å². The Labute approximate surface area is 125 Å². The standard InChI is InChI=1S/C16H23N3O2/c1-4-17-15(20)10-5-6-12(18-9-10)19-13-11-7-8-21-14(11)16(13,2)3/h5-6,9,11,13-14H,4,7-8H2,1-3H3,(H,17,20)(H,18,19)/t11-,13-,14-/m1/s1. The molecular weight excluding hydrogens is 266 g/mol. The summed E-state index contributed by atoms with van der Waals surface area (Å²) in [4.78, 5) is 16.1. The molecule has 1 amide bonds. The molecule has 3 rings (SSSR count). The molecular formula is C16H23N3O2. The fourth-order valence-electron chi connectivity index (χ4n) is 3.65. The van der Waals surface area contributed by atoms with Gasteiger partial charge in [0.2, 0.25) is 0 Å². The molecule has 2 heterocycles. The molecule has 2 fully saturated rings. The predicted molar refractivity (Wildman–Crippen MR) is 81.3 cm³/mol. The average molecular weight is 289 g/mol. The topological polar surface area (TPSA) is 63.2 Å². The maximum Gasteiger partial charge on any atom is 0.252 e. The SMILES string of the molecule is CCNC(=O)c1ccc(N[C@@H]2[C@H]3CCO[C@H]3C2(C)C)nc1. The molecule has 1 aromatic heterocycles. The van der Waals surface area contributed by atoms with E-state index in [4.69, 9.17) is 4.74 Å². The van der Waals surface area contributed by atoms with Crippen LogP contribution in [0.2, 0.25) is 0 Å². The highest BCUT2D eigenvalue weighted by Crippen LogP contribution is 2.53. The Morgan fingerprint density at radius 1 is 1.48 bits per heavy atom. The largest absolute Gasteiger partial charge is 0.377 e. The van der Waals surface area contributed by atoms with Crippen LogP contribution in [0.25, 0.3) is 0 Å². The monoisotopic (exact) mass is 289 g/mol. The van der Waals surface area contributed by atoms with Crippen molar-refractivity contribution in [2.24, 2.45) is 11.3 Å². The molecule has 1 aliphatic heterocycles. The van der Waals surface area contributed by atoms with E-state index in [1.165, 1.54) is 0 Å². The quantitative estimate of drug-likeness (QED) is 0.890. The number of anilines is 1. The third-order valence-corrected chi connectivity index (χ3v) is 4.77. The predicted octanol–water partition coefficient (Wildman–Crippen LogP) is 2.06. The summed E-state index contributed by atoms with van der Waals surface area (Å²) in [5, 5.41) is 6.29. The van der Waals surface area contributed by atoms with Gasteiger partial charge in [-0.2, -0.15) is 0 Å². The van der Waals surface area contributed by atoms with E-state index in [1.807, 2.05) is 19.1 Å². The van der Waals surface area contributed by atoms with Gasteiger partial charge in [0.1, 0.15) is 5.82 Å². The molecule has 2 N–H and O–H groups in total. The number of ether oxygens (including phenoxy) is 1. The van der Waals surface area contributed by atoms with E-state index in [0.29, 0.717) is 30.2 Å². The van der Waals surface area contributed by atoms with Crippen molar-refractivity contribution >= 4 is 11.7 Å². The van der Waals surface area contributed by atoms with Crippen LogP contribution < -0.4 is 10.6 Å². The van der Waals surface area contributed by atoms with E-state index in [-0.39, 0.29) is 11.3 Å². The van der Waals surface area contributed by atoms with Gasteiger partial charge in [0.05, 0.1) is 11.7 Å². The van der Waals surface area contributed by atoms with Crippen LogP contribution in [0.3, 0.4) is 0 Å². The zero-order chi connectivity index (χ0) is 15.0. The second-order valence-corrected chi connectivity index (χ2v) is 6.48. The summed E-state index contributed by atoms with van der Waals surface area (Å²) in [5.41, 5.74) is 0.721. The van der Waals surface area contributed by atoms with Crippen molar-refractivity contribution in [3.63, 3.8) is 0 Å². The normalized spacial score (nSPS) is 29.4. The third-order valence-electron chi connectivity index (χ3n) is 4.77. The summed E-state index contributed by atoms with van der Waals surface area (Å²) in [6, 6.07) is 4.08. The Morgan fingerprint density at radius 2 is 2.29 bits per heavy atom. The first-order chi connectivity index (χ1) is 10.0. The van der Waals surface area contributed by atoms with Crippen LogP contribution in [0.15, 0.2) is 18.3 Å². The summed E-state index contributed by atoms with van der Waals surface area (Å²) in [7, 11) is 0. The number of carbonyl (C=O) groups excluding carboxylic acids is 1. The van der Waals surface area contributed by atoms with Gasteiger partial charge in [0.15, 0.2) is 0 Å². The Hall–Kier alpha value is -1.62. The van der Waals surface area contributed by atoms with Crippen molar-refractivity contribution < 1.29 is 9.53 Å². The number of nitrogens with one attached hydrogen (secondary N) is 2. The van der Waals surface area contributed by atoms with Crippen molar-refractivity contribution in [2.75, 3.05) is 18.5 Å². The van der Waals surface area contributed by atoms with Crippen molar-refractivity contribution in [1.82, 2.24) is 10.3 Å². The highest BCUT2D eigenvalue weighted by Gasteiger charge is 2.59. The number of carbonyl (C=O) groups is 1. The number of hydrogen-bond acceptors (Lipinski definition) is 4. The minimum atomic E-state index is -0.0789. The first kappa shape index (κ1) is 14.3. The van der Waals surface area contributed by atoms with Crippen LogP contribution in [0.4, 0.5) is 5.82 Å². The number of aromatic nitrogens is 1. The van der Waals surface area contributed by atoms with E-state index in [1.54, 1.807) is 6.20 Å². The van der Waals surface area contributed by atoms with Gasteiger partial charge in [-0.05, 0) is 25.5 Å². The molecule has 2 aliphatic rings. The van der Waals surface area contributed by atoms with Gasteiger partial charge in [-0.3, -0.25) is 4.79 Å². The van der Waals surface area contributed by atoms with Crippen LogP contribution in [0.1, 0.15) is 37.6 Å². The van der Waals surface area contributed by atoms with Gasteiger partial charge in [-0.1, -0.05) is 13.8 Å². The lowest BCUT2D eigenvalue weighted by Gasteiger charge is -2.54. The van der Waals surface area contributed by atoms with Crippen LogP contribution in [0.5, 0.6) is 0 Å². The molecule has 1 saturated heterocycles. The number of hydrogen-bond donors (Lipinski definition) is 2. The summed E-state index contributed by atoms with van der Waals surface area (Å²) < 4.78 is 5.80. The molecule has 0 bridgehead atoms. The maximum atomic E-state index is 11.7. The molecule has 0 unspecified atom stereocenters. The lowest BCUT2D eigenvalue weighted by molar-refractivity contribution is -0.0924. The molecule has 5 nitrogen and oxygen atoms in total. The smallest absolute Gasteiger partial charge is 0.252 e. The van der Waals surface area contributed by atoms with Crippen LogP contribution in [-0.4, -0.2) is 36.2 Å². The van der Waals surface area contributed by atoms with E-state index in [2.05, 4.69) is 29.5 Å². The van der Waals surface area contributed by atoms with Crippen molar-refractivity contribution in [2.45, 2.75) is 39.3 Å². The highest BCUT2D eigenvalue weighted by atomic mass is 16.5. The molecule has 1 saturated carbocycles.